The number of hydrogen-bond acceptors (Lipinski definition) is 4. The molecule has 0 aromatic heterocycles. The van der Waals surface area contributed by atoms with Gasteiger partial charge in [0, 0.05) is 13.0 Å². The number of oxime groups is 1. The second-order valence-corrected chi connectivity index (χ2v) is 4.83. The van der Waals surface area contributed by atoms with E-state index in [9.17, 15) is 9.59 Å². The molecule has 2 rings (SSSR count). The van der Waals surface area contributed by atoms with E-state index in [1.807, 2.05) is 37.3 Å². The molecule has 0 radical (unpaired) electrons. The molecule has 2 atom stereocenters. The van der Waals surface area contributed by atoms with Crippen LogP contribution < -0.4 is 10.6 Å². The van der Waals surface area contributed by atoms with Gasteiger partial charge in [0.2, 0.25) is 12.0 Å². The number of hydrogen-bond donors (Lipinski definition) is 2. The average molecular weight is 289 g/mol. The van der Waals surface area contributed by atoms with E-state index in [-0.39, 0.29) is 11.8 Å². The zero-order chi connectivity index (χ0) is 15.2. The highest BCUT2D eigenvalue weighted by Crippen LogP contribution is 2.16. The fourth-order valence-electron chi connectivity index (χ4n) is 2.02. The summed E-state index contributed by atoms with van der Waals surface area (Å²) < 4.78 is 0. The third-order valence-corrected chi connectivity index (χ3v) is 3.17. The van der Waals surface area contributed by atoms with Gasteiger partial charge in [0.05, 0.1) is 5.71 Å². The maximum Gasteiger partial charge on any atom is 0.264 e. The van der Waals surface area contributed by atoms with Crippen LogP contribution in [0.15, 0.2) is 35.5 Å². The van der Waals surface area contributed by atoms with Crippen LogP contribution in [-0.4, -0.2) is 36.2 Å². The van der Waals surface area contributed by atoms with Crippen molar-refractivity contribution in [3.63, 3.8) is 0 Å². The number of amides is 2. The standard InChI is InChI=1S/C15H19N3O3/c1-3-16-14(19)10(2)17-15(20)13-9-12(18-21-13)11-7-5-4-6-8-11/h4-8,10,13H,3,9H2,1-2H3,(H,16,19)(H,17,20)/t10-,13+/m1/s1. The number of nitrogens with zero attached hydrogens (tertiary/aromatic N) is 1. The summed E-state index contributed by atoms with van der Waals surface area (Å²) in [7, 11) is 0. The van der Waals surface area contributed by atoms with Gasteiger partial charge in [-0.15, -0.1) is 0 Å². The van der Waals surface area contributed by atoms with Crippen LogP contribution in [0.4, 0.5) is 0 Å². The van der Waals surface area contributed by atoms with Crippen LogP contribution in [0.2, 0.25) is 0 Å². The lowest BCUT2D eigenvalue weighted by Crippen LogP contribution is -2.48. The molecule has 1 aliphatic rings. The molecule has 0 unspecified atom stereocenters. The van der Waals surface area contributed by atoms with Crippen molar-refractivity contribution >= 4 is 17.5 Å². The largest absolute Gasteiger partial charge is 0.382 e. The van der Waals surface area contributed by atoms with E-state index in [1.165, 1.54) is 0 Å². The van der Waals surface area contributed by atoms with Crippen LogP contribution in [0.25, 0.3) is 0 Å². The molecule has 0 fully saturated rings. The number of benzene rings is 1. The molecule has 2 N–H and O–H groups in total. The highest BCUT2D eigenvalue weighted by Gasteiger charge is 2.30. The van der Waals surface area contributed by atoms with E-state index in [0.29, 0.717) is 13.0 Å². The summed E-state index contributed by atoms with van der Waals surface area (Å²) >= 11 is 0. The van der Waals surface area contributed by atoms with Gasteiger partial charge in [0.15, 0.2) is 0 Å². The van der Waals surface area contributed by atoms with E-state index in [1.54, 1.807) is 6.92 Å². The molecule has 21 heavy (non-hydrogen) atoms. The normalized spacial score (nSPS) is 18.4. The number of nitrogens with one attached hydrogen (secondary N) is 2. The first kappa shape index (κ1) is 15.0. The van der Waals surface area contributed by atoms with E-state index < -0.39 is 12.1 Å². The van der Waals surface area contributed by atoms with Crippen molar-refractivity contribution in [2.75, 3.05) is 6.54 Å². The summed E-state index contributed by atoms with van der Waals surface area (Å²) in [5.74, 6) is -0.545. The van der Waals surface area contributed by atoms with Crippen LogP contribution in [0.5, 0.6) is 0 Å². The number of likely N-dealkylation sites (N-methyl/N-ethyl adjacent to an activating group) is 1. The lowest BCUT2D eigenvalue weighted by atomic mass is 10.0. The lowest BCUT2D eigenvalue weighted by Gasteiger charge is -2.15. The quantitative estimate of drug-likeness (QED) is 0.842. The van der Waals surface area contributed by atoms with Crippen molar-refractivity contribution in [3.8, 4) is 0 Å². The summed E-state index contributed by atoms with van der Waals surface area (Å²) in [5.41, 5.74) is 1.67. The Hall–Kier alpha value is -2.37. The second kappa shape index (κ2) is 6.88. The molecule has 0 saturated heterocycles. The Morgan fingerprint density at radius 2 is 2.10 bits per heavy atom. The Morgan fingerprint density at radius 1 is 1.38 bits per heavy atom. The molecule has 1 aromatic rings. The third-order valence-electron chi connectivity index (χ3n) is 3.17. The van der Waals surface area contributed by atoms with Crippen LogP contribution in [0.1, 0.15) is 25.8 Å². The Morgan fingerprint density at radius 3 is 2.76 bits per heavy atom. The molecule has 1 aliphatic heterocycles. The molecule has 112 valence electrons. The molecule has 0 aliphatic carbocycles. The van der Waals surface area contributed by atoms with Gasteiger partial charge >= 0.3 is 0 Å². The van der Waals surface area contributed by atoms with Gasteiger partial charge in [-0.25, -0.2) is 0 Å². The fraction of sp³-hybridized carbons (Fsp3) is 0.400. The lowest BCUT2D eigenvalue weighted by molar-refractivity contribution is -0.135. The first-order chi connectivity index (χ1) is 10.1. The summed E-state index contributed by atoms with van der Waals surface area (Å²) in [6.07, 6.45) is -0.282. The fourth-order valence-corrected chi connectivity index (χ4v) is 2.02. The molecule has 0 bridgehead atoms. The Balaban J connectivity index is 1.88. The van der Waals surface area contributed by atoms with Gasteiger partial charge in [-0.1, -0.05) is 35.5 Å². The summed E-state index contributed by atoms with van der Waals surface area (Å²) in [5, 5.41) is 9.23. The second-order valence-electron chi connectivity index (χ2n) is 4.83. The molecule has 0 spiro atoms. The highest BCUT2D eigenvalue weighted by molar-refractivity contribution is 6.04. The first-order valence-electron chi connectivity index (χ1n) is 6.98. The van der Waals surface area contributed by atoms with Crippen molar-refractivity contribution < 1.29 is 14.4 Å². The highest BCUT2D eigenvalue weighted by atomic mass is 16.6. The maximum absolute atomic E-state index is 12.1. The molecule has 6 nitrogen and oxygen atoms in total. The zero-order valence-corrected chi connectivity index (χ0v) is 12.1. The van der Waals surface area contributed by atoms with E-state index >= 15 is 0 Å². The van der Waals surface area contributed by atoms with Crippen molar-refractivity contribution in [2.45, 2.75) is 32.4 Å². The molecule has 6 heteroatoms. The SMILES string of the molecule is CCNC(=O)[C@@H](C)NC(=O)[C@@H]1CC(c2ccccc2)=NO1. The number of rotatable bonds is 5. The van der Waals surface area contributed by atoms with Crippen molar-refractivity contribution in [2.24, 2.45) is 5.16 Å². The third kappa shape index (κ3) is 3.81. The molecule has 1 aromatic carbocycles. The Labute approximate surface area is 123 Å². The van der Waals surface area contributed by atoms with Crippen LogP contribution >= 0.6 is 0 Å². The molecular weight excluding hydrogens is 270 g/mol. The minimum absolute atomic E-state index is 0.215. The average Bonchev–Trinajstić information content (AvgIpc) is 2.98. The van der Waals surface area contributed by atoms with Gasteiger partial charge in [-0.05, 0) is 19.4 Å². The molecular formula is C15H19N3O3. The number of carbonyl (C=O) groups is 2. The monoisotopic (exact) mass is 289 g/mol. The van der Waals surface area contributed by atoms with Crippen LogP contribution in [-0.2, 0) is 14.4 Å². The van der Waals surface area contributed by atoms with Gasteiger partial charge in [0.1, 0.15) is 6.04 Å². The zero-order valence-electron chi connectivity index (χ0n) is 12.1. The summed E-state index contributed by atoms with van der Waals surface area (Å²) in [6, 6.07) is 8.96. The van der Waals surface area contributed by atoms with Gasteiger partial charge in [0.25, 0.3) is 5.91 Å². The van der Waals surface area contributed by atoms with Gasteiger partial charge < -0.3 is 15.5 Å². The predicted molar refractivity (Wildman–Crippen MR) is 78.8 cm³/mol. The topological polar surface area (TPSA) is 79.8 Å². The van der Waals surface area contributed by atoms with Crippen LogP contribution in [0.3, 0.4) is 0 Å². The first-order valence-corrected chi connectivity index (χ1v) is 6.98. The maximum atomic E-state index is 12.1. The van der Waals surface area contributed by atoms with E-state index in [2.05, 4.69) is 15.8 Å². The van der Waals surface area contributed by atoms with Gasteiger partial charge in [-0.2, -0.15) is 0 Å². The molecule has 1 heterocycles. The van der Waals surface area contributed by atoms with E-state index in [0.717, 1.165) is 11.3 Å². The summed E-state index contributed by atoms with van der Waals surface area (Å²) in [6.45, 7) is 3.99. The Kier molecular flexibility index (Phi) is 4.92. The number of carbonyl (C=O) groups excluding carboxylic acids is 2. The van der Waals surface area contributed by atoms with Crippen molar-refractivity contribution in [1.29, 1.82) is 0 Å². The molecule has 0 saturated carbocycles. The molecule has 2 amide bonds. The summed E-state index contributed by atoms with van der Waals surface area (Å²) in [4.78, 5) is 28.8. The van der Waals surface area contributed by atoms with Gasteiger partial charge in [-0.3, -0.25) is 9.59 Å². The van der Waals surface area contributed by atoms with Crippen molar-refractivity contribution in [3.05, 3.63) is 35.9 Å². The van der Waals surface area contributed by atoms with Crippen molar-refractivity contribution in [1.82, 2.24) is 10.6 Å². The minimum Gasteiger partial charge on any atom is -0.382 e. The van der Waals surface area contributed by atoms with Crippen LogP contribution in [0, 0.1) is 0 Å². The minimum atomic E-state index is -0.683. The smallest absolute Gasteiger partial charge is 0.264 e. The predicted octanol–water partition coefficient (Wildman–Crippen LogP) is 0.820. The Bertz CT molecular complexity index is 542. The van der Waals surface area contributed by atoms with E-state index in [4.69, 9.17) is 4.84 Å².